The van der Waals surface area contributed by atoms with Crippen molar-refractivity contribution in [2.45, 2.75) is 130 Å². The molecule has 0 aliphatic carbocycles. The molecule has 0 nitrogen and oxygen atoms in total. The van der Waals surface area contributed by atoms with Gasteiger partial charge in [0.15, 0.2) is 0 Å². The van der Waals surface area contributed by atoms with Gasteiger partial charge in [-0.25, -0.2) is 12.1 Å². The van der Waals surface area contributed by atoms with Crippen LogP contribution >= 0.6 is 15.8 Å². The monoisotopic (exact) mass is 589 g/mol. The molecule has 0 saturated heterocycles. The number of hydrogen-bond donors (Lipinski definition) is 0. The third-order valence-corrected chi connectivity index (χ3v) is 12.9. The van der Waals surface area contributed by atoms with Gasteiger partial charge in [0.05, 0.1) is 0 Å². The van der Waals surface area contributed by atoms with Crippen molar-refractivity contribution in [2.75, 3.05) is 24.6 Å². The third-order valence-electron chi connectivity index (χ3n) is 7.13. The van der Waals surface area contributed by atoms with E-state index in [0.29, 0.717) is 0 Å². The van der Waals surface area contributed by atoms with Crippen LogP contribution in [0.25, 0.3) is 0 Å². The van der Waals surface area contributed by atoms with Crippen LogP contribution in [0.1, 0.15) is 130 Å². The molecule has 0 spiro atoms. The number of hydrogen-bond acceptors (Lipinski definition) is 0. The molecule has 2 aromatic rings. The maximum Gasteiger partial charge on any atom is 0 e. The first-order valence-electron chi connectivity index (χ1n) is 15.7. The number of unbranched alkanes of at least 4 members (excludes halogenated alkanes) is 12. The van der Waals surface area contributed by atoms with Crippen LogP contribution in [0.4, 0.5) is 0 Å². The molecule has 0 heterocycles. The van der Waals surface area contributed by atoms with Crippen molar-refractivity contribution in [2.24, 2.45) is 0 Å². The zero-order valence-corrected chi connectivity index (χ0v) is 27.8. The molecule has 2 rings (SSSR count). The summed E-state index contributed by atoms with van der Waals surface area (Å²) in [6, 6.07) is 17.5. The summed E-state index contributed by atoms with van der Waals surface area (Å²) in [7, 11) is 0.135. The Balaban J connectivity index is 0.00000192. The minimum atomic E-state index is 0. The average molecular weight is 590 g/mol. The molecule has 2 aromatic carbocycles. The minimum Gasteiger partial charge on any atom is -0.748 e. The van der Waals surface area contributed by atoms with Gasteiger partial charge in [-0.1, -0.05) is 105 Å². The zero-order chi connectivity index (χ0) is 26.1. The van der Waals surface area contributed by atoms with E-state index in [-0.39, 0.29) is 32.6 Å². The summed E-state index contributed by atoms with van der Waals surface area (Å²) in [5, 5.41) is 3.69. The maximum atomic E-state index is 2.56. The summed E-state index contributed by atoms with van der Waals surface area (Å²) >= 11 is 0. The summed E-state index contributed by atoms with van der Waals surface area (Å²) in [6.07, 6.45) is 28.7. The van der Waals surface area contributed by atoms with E-state index < -0.39 is 0 Å². The fourth-order valence-electron chi connectivity index (χ4n) is 4.88. The van der Waals surface area contributed by atoms with Crippen LogP contribution in [0.15, 0.2) is 48.5 Å². The molecule has 37 heavy (non-hydrogen) atoms. The molecular formula is C34H60CoP2-6. The molecule has 0 fully saturated rings. The van der Waals surface area contributed by atoms with E-state index in [2.05, 4.69) is 45.9 Å². The fourth-order valence-corrected chi connectivity index (χ4v) is 11.0. The van der Waals surface area contributed by atoms with Gasteiger partial charge in [-0.05, 0) is 50.3 Å². The second-order valence-corrected chi connectivity index (χ2v) is 15.4. The van der Waals surface area contributed by atoms with E-state index in [0.717, 1.165) is 0 Å². The van der Waals surface area contributed by atoms with E-state index in [1.54, 1.807) is 0 Å². The number of rotatable bonds is 22. The molecule has 221 valence electrons. The Morgan fingerprint density at radius 2 is 0.919 bits per heavy atom. The molecular weight excluding hydrogens is 529 g/mol. The van der Waals surface area contributed by atoms with Crippen LogP contribution in [0, 0.1) is 0 Å². The topological polar surface area (TPSA) is 0 Å². The minimum absolute atomic E-state index is 0. The van der Waals surface area contributed by atoms with E-state index >= 15 is 0 Å². The standard InChI is InChI=1S/C29H55P2.C5H5.Co/c1-5-9-13-17-24-30(25-18-14-10-6-2)28-22-21-23-29(28)31(26-19-15-11-7-3)27-20-16-12-8-4;1-2-4-5-3-1;/h21-23H,5-20,24-27H2,1-4H3;1-5H;/q-1;-5;. The Morgan fingerprint density at radius 3 is 1.30 bits per heavy atom. The van der Waals surface area contributed by atoms with Crippen molar-refractivity contribution in [3.63, 3.8) is 0 Å². The van der Waals surface area contributed by atoms with E-state index in [1.807, 2.05) is 40.9 Å². The van der Waals surface area contributed by atoms with Crippen molar-refractivity contribution >= 4 is 26.5 Å². The summed E-state index contributed by atoms with van der Waals surface area (Å²) < 4.78 is 0. The largest absolute Gasteiger partial charge is 0.748 e. The molecule has 0 aliphatic rings. The Kier molecular flexibility index (Phi) is 27.7. The summed E-state index contributed by atoms with van der Waals surface area (Å²) in [6.45, 7) is 9.36. The quantitative estimate of drug-likeness (QED) is 0.0728. The first-order chi connectivity index (χ1) is 17.8. The van der Waals surface area contributed by atoms with Crippen LogP contribution in [-0.2, 0) is 16.8 Å². The fraction of sp³-hybridized carbons (Fsp3) is 0.706. The molecule has 0 N–H and O–H groups in total. The van der Waals surface area contributed by atoms with E-state index in [9.17, 15) is 0 Å². The van der Waals surface area contributed by atoms with Gasteiger partial charge in [0, 0.05) is 16.8 Å². The van der Waals surface area contributed by atoms with Crippen LogP contribution in [0.5, 0.6) is 0 Å². The van der Waals surface area contributed by atoms with Crippen LogP contribution < -0.4 is 10.6 Å². The van der Waals surface area contributed by atoms with Gasteiger partial charge in [0.2, 0.25) is 0 Å². The van der Waals surface area contributed by atoms with Crippen molar-refractivity contribution < 1.29 is 16.8 Å². The SMILES string of the molecule is CCCCCCP(CCCCCC)c1ccc[c-]1P(CCCCCC)CCCCCC.[Co].[cH-]1[cH-][cH-][cH-][cH-]1. The van der Waals surface area contributed by atoms with Crippen molar-refractivity contribution in [3.8, 4) is 0 Å². The zero-order valence-electron chi connectivity index (χ0n) is 25.0. The summed E-state index contributed by atoms with van der Waals surface area (Å²) in [5.74, 6) is 0. The molecule has 0 unspecified atom stereocenters. The van der Waals surface area contributed by atoms with Crippen molar-refractivity contribution in [1.29, 1.82) is 0 Å². The molecule has 1 radical (unpaired) electrons. The predicted molar refractivity (Wildman–Crippen MR) is 173 cm³/mol. The Hall–Kier alpha value is 0.0665. The average Bonchev–Trinajstić information content (AvgIpc) is 3.63. The first kappa shape index (κ1) is 37.1. The second-order valence-electron chi connectivity index (χ2n) is 10.5. The van der Waals surface area contributed by atoms with Gasteiger partial charge in [-0.15, -0.1) is 26.5 Å². The first-order valence-corrected chi connectivity index (χ1v) is 19.1. The van der Waals surface area contributed by atoms with Gasteiger partial charge < -0.3 is 30.3 Å². The molecule has 0 atom stereocenters. The van der Waals surface area contributed by atoms with Crippen LogP contribution in [0.2, 0.25) is 0 Å². The third kappa shape index (κ3) is 18.9. The molecule has 0 amide bonds. The van der Waals surface area contributed by atoms with E-state index in [4.69, 9.17) is 0 Å². The summed E-state index contributed by atoms with van der Waals surface area (Å²) in [4.78, 5) is 0. The molecule has 0 aromatic heterocycles. The van der Waals surface area contributed by atoms with Crippen LogP contribution in [-0.4, -0.2) is 24.6 Å². The molecule has 0 bridgehead atoms. The maximum absolute atomic E-state index is 2.56. The Morgan fingerprint density at radius 1 is 0.541 bits per heavy atom. The smallest absolute Gasteiger partial charge is 0 e. The van der Waals surface area contributed by atoms with Crippen molar-refractivity contribution in [3.05, 3.63) is 48.5 Å². The second kappa shape index (κ2) is 27.6. The van der Waals surface area contributed by atoms with E-state index in [1.165, 1.54) is 127 Å². The molecule has 0 aliphatic heterocycles. The summed E-state index contributed by atoms with van der Waals surface area (Å²) in [5.41, 5.74) is 0. The Labute approximate surface area is 246 Å². The van der Waals surface area contributed by atoms with Gasteiger partial charge in [0.1, 0.15) is 0 Å². The van der Waals surface area contributed by atoms with Gasteiger partial charge >= 0.3 is 0 Å². The van der Waals surface area contributed by atoms with Gasteiger partial charge in [-0.2, -0.15) is 6.07 Å². The molecule has 3 heteroatoms. The normalized spacial score (nSPS) is 11.0. The molecule has 0 saturated carbocycles. The Bertz CT molecular complexity index is 579. The predicted octanol–water partition coefficient (Wildman–Crippen LogP) is 11.3. The van der Waals surface area contributed by atoms with Crippen LogP contribution in [0.3, 0.4) is 0 Å². The van der Waals surface area contributed by atoms with Gasteiger partial charge in [-0.3, -0.25) is 0 Å². The van der Waals surface area contributed by atoms with Crippen molar-refractivity contribution in [1.82, 2.24) is 0 Å². The van der Waals surface area contributed by atoms with Gasteiger partial charge in [0.25, 0.3) is 0 Å².